The van der Waals surface area contributed by atoms with Crippen molar-refractivity contribution in [3.63, 3.8) is 0 Å². The summed E-state index contributed by atoms with van der Waals surface area (Å²) < 4.78 is 2.20. The number of benzene rings is 1. The molecule has 1 atom stereocenters. The first-order valence-corrected chi connectivity index (χ1v) is 7.92. The number of nitro benzene ring substituents is 1. The zero-order valence-corrected chi connectivity index (χ0v) is 14.0. The van der Waals surface area contributed by atoms with Crippen LogP contribution in [-0.4, -0.2) is 26.0 Å². The van der Waals surface area contributed by atoms with Crippen LogP contribution >= 0.6 is 23.8 Å². The van der Waals surface area contributed by atoms with Crippen molar-refractivity contribution in [1.29, 1.82) is 0 Å². The van der Waals surface area contributed by atoms with E-state index in [1.165, 1.54) is 23.9 Å². The molecule has 0 fully saturated rings. The molecule has 1 aliphatic heterocycles. The Morgan fingerprint density at radius 3 is 2.96 bits per heavy atom. The predicted molar refractivity (Wildman–Crippen MR) is 93.9 cm³/mol. The summed E-state index contributed by atoms with van der Waals surface area (Å²) >= 11 is 11.6. The maximum Gasteiger partial charge on any atom is 0.271 e. The molecule has 0 amide bonds. The number of nitrogens with one attached hydrogen (secondary N) is 1. The first kappa shape index (κ1) is 15.8. The standard InChI is InChI=1S/C15H15ClN4O2S/c1-10-14-3-2-6-18(14)7-8-19(10)15(23)17-13-9-11(20(21)22)4-5-12(13)16/h2-6,9-10H,7-8H2,1H3,(H,17,23). The Labute approximate surface area is 143 Å². The van der Waals surface area contributed by atoms with Crippen molar-refractivity contribution in [2.75, 3.05) is 11.9 Å². The van der Waals surface area contributed by atoms with Gasteiger partial charge < -0.3 is 14.8 Å². The lowest BCUT2D eigenvalue weighted by Crippen LogP contribution is -2.42. The molecule has 1 aromatic heterocycles. The third-order valence-electron chi connectivity index (χ3n) is 4.01. The van der Waals surface area contributed by atoms with Crippen LogP contribution in [0.1, 0.15) is 18.7 Å². The van der Waals surface area contributed by atoms with Crippen molar-refractivity contribution >= 4 is 40.3 Å². The molecule has 0 aliphatic carbocycles. The van der Waals surface area contributed by atoms with Crippen LogP contribution in [0.5, 0.6) is 0 Å². The third-order valence-corrected chi connectivity index (χ3v) is 4.67. The monoisotopic (exact) mass is 350 g/mol. The Morgan fingerprint density at radius 1 is 1.43 bits per heavy atom. The Hall–Kier alpha value is -2.12. The molecule has 1 N–H and O–H groups in total. The van der Waals surface area contributed by atoms with Crippen LogP contribution in [-0.2, 0) is 6.54 Å². The summed E-state index contributed by atoms with van der Waals surface area (Å²) in [5.74, 6) is 0. The van der Waals surface area contributed by atoms with E-state index in [1.807, 2.05) is 6.07 Å². The minimum absolute atomic E-state index is 0.0275. The minimum Gasteiger partial charge on any atom is -0.348 e. The average Bonchev–Trinajstić information content (AvgIpc) is 2.99. The van der Waals surface area contributed by atoms with Gasteiger partial charge in [0.2, 0.25) is 0 Å². The molecule has 2 aromatic rings. The summed E-state index contributed by atoms with van der Waals surface area (Å²) in [6.45, 7) is 3.69. The summed E-state index contributed by atoms with van der Waals surface area (Å²) in [5.41, 5.74) is 1.60. The van der Waals surface area contributed by atoms with Gasteiger partial charge in [-0.2, -0.15) is 0 Å². The zero-order valence-electron chi connectivity index (χ0n) is 12.4. The van der Waals surface area contributed by atoms with Gasteiger partial charge in [0, 0.05) is 37.1 Å². The van der Waals surface area contributed by atoms with Crippen LogP contribution < -0.4 is 5.32 Å². The molecule has 0 bridgehead atoms. The smallest absolute Gasteiger partial charge is 0.271 e. The quantitative estimate of drug-likeness (QED) is 0.506. The van der Waals surface area contributed by atoms with Gasteiger partial charge in [-0.25, -0.2) is 0 Å². The number of rotatable bonds is 2. The normalized spacial score (nSPS) is 16.8. The number of hydrogen-bond acceptors (Lipinski definition) is 3. The molecule has 120 valence electrons. The molecule has 2 heterocycles. The van der Waals surface area contributed by atoms with Gasteiger partial charge in [0.1, 0.15) is 0 Å². The fourth-order valence-electron chi connectivity index (χ4n) is 2.77. The predicted octanol–water partition coefficient (Wildman–Crippen LogP) is 3.82. The van der Waals surface area contributed by atoms with E-state index in [-0.39, 0.29) is 11.7 Å². The number of non-ortho nitro benzene ring substituents is 1. The van der Waals surface area contributed by atoms with Gasteiger partial charge >= 0.3 is 0 Å². The number of thiocarbonyl (C=S) groups is 1. The number of aromatic nitrogens is 1. The SMILES string of the molecule is CC1c2cccn2CCN1C(=S)Nc1cc([N+](=O)[O-])ccc1Cl. The first-order chi connectivity index (χ1) is 11.0. The number of halogens is 1. The molecule has 8 heteroatoms. The van der Waals surface area contributed by atoms with Crippen LogP contribution in [0.4, 0.5) is 11.4 Å². The molecule has 0 radical (unpaired) electrons. The molecule has 0 saturated heterocycles. The van der Waals surface area contributed by atoms with Gasteiger partial charge in [0.25, 0.3) is 5.69 Å². The van der Waals surface area contributed by atoms with Crippen molar-refractivity contribution in [2.45, 2.75) is 19.5 Å². The van der Waals surface area contributed by atoms with Crippen molar-refractivity contribution in [3.8, 4) is 0 Å². The van der Waals surface area contributed by atoms with Crippen molar-refractivity contribution in [2.24, 2.45) is 0 Å². The molecular formula is C15H15ClN4O2S. The number of nitro groups is 1. The number of fused-ring (bicyclic) bond motifs is 1. The molecule has 23 heavy (non-hydrogen) atoms. The summed E-state index contributed by atoms with van der Waals surface area (Å²) in [5, 5.41) is 14.8. The molecule has 0 spiro atoms. The summed E-state index contributed by atoms with van der Waals surface area (Å²) in [4.78, 5) is 12.5. The van der Waals surface area contributed by atoms with Gasteiger partial charge in [-0.15, -0.1) is 0 Å². The second kappa shape index (κ2) is 6.17. The van der Waals surface area contributed by atoms with Gasteiger partial charge in [0.15, 0.2) is 5.11 Å². The van der Waals surface area contributed by atoms with E-state index in [0.29, 0.717) is 15.8 Å². The van der Waals surface area contributed by atoms with E-state index < -0.39 is 4.92 Å². The Balaban J connectivity index is 1.80. The fraction of sp³-hybridized carbons (Fsp3) is 0.267. The second-order valence-corrected chi connectivity index (χ2v) is 6.14. The third kappa shape index (κ3) is 3.02. The summed E-state index contributed by atoms with van der Waals surface area (Å²) in [6.07, 6.45) is 2.05. The van der Waals surface area contributed by atoms with Gasteiger partial charge in [-0.05, 0) is 37.3 Å². The van der Waals surface area contributed by atoms with Crippen molar-refractivity contribution in [3.05, 3.63) is 57.4 Å². The molecule has 1 unspecified atom stereocenters. The molecule has 0 saturated carbocycles. The lowest BCUT2D eigenvalue weighted by Gasteiger charge is -2.36. The van der Waals surface area contributed by atoms with E-state index in [0.717, 1.165) is 13.1 Å². The number of hydrogen-bond donors (Lipinski definition) is 1. The zero-order chi connectivity index (χ0) is 16.6. The summed E-state index contributed by atoms with van der Waals surface area (Å²) in [7, 11) is 0. The van der Waals surface area contributed by atoms with Crippen molar-refractivity contribution < 1.29 is 4.92 Å². The van der Waals surface area contributed by atoms with Gasteiger partial charge in [-0.1, -0.05) is 11.6 Å². The number of nitrogens with zero attached hydrogens (tertiary/aromatic N) is 3. The van der Waals surface area contributed by atoms with E-state index in [4.69, 9.17) is 23.8 Å². The largest absolute Gasteiger partial charge is 0.348 e. The molecular weight excluding hydrogens is 336 g/mol. The maximum atomic E-state index is 10.9. The van der Waals surface area contributed by atoms with Crippen LogP contribution in [0.3, 0.4) is 0 Å². The van der Waals surface area contributed by atoms with E-state index >= 15 is 0 Å². The Morgan fingerprint density at radius 2 is 2.22 bits per heavy atom. The van der Waals surface area contributed by atoms with Crippen molar-refractivity contribution in [1.82, 2.24) is 9.47 Å². The average molecular weight is 351 g/mol. The van der Waals surface area contributed by atoms with Crippen LogP contribution in [0, 0.1) is 10.1 Å². The lowest BCUT2D eigenvalue weighted by atomic mass is 10.1. The van der Waals surface area contributed by atoms with Crippen LogP contribution in [0.25, 0.3) is 0 Å². The minimum atomic E-state index is -0.457. The highest BCUT2D eigenvalue weighted by molar-refractivity contribution is 7.80. The fourth-order valence-corrected chi connectivity index (χ4v) is 3.29. The second-order valence-electron chi connectivity index (χ2n) is 5.35. The lowest BCUT2D eigenvalue weighted by molar-refractivity contribution is -0.384. The Bertz CT molecular complexity index is 777. The molecule has 1 aromatic carbocycles. The van der Waals surface area contributed by atoms with Gasteiger partial charge in [-0.3, -0.25) is 10.1 Å². The maximum absolute atomic E-state index is 10.9. The highest BCUT2D eigenvalue weighted by atomic mass is 35.5. The molecule has 6 nitrogen and oxygen atoms in total. The highest BCUT2D eigenvalue weighted by Crippen LogP contribution is 2.29. The molecule has 3 rings (SSSR count). The van der Waals surface area contributed by atoms with Crippen LogP contribution in [0.2, 0.25) is 5.02 Å². The summed E-state index contributed by atoms with van der Waals surface area (Å²) in [6, 6.07) is 8.47. The first-order valence-electron chi connectivity index (χ1n) is 7.14. The number of anilines is 1. The molecule has 1 aliphatic rings. The van der Waals surface area contributed by atoms with Crippen LogP contribution in [0.15, 0.2) is 36.5 Å². The van der Waals surface area contributed by atoms with E-state index in [2.05, 4.69) is 34.0 Å². The van der Waals surface area contributed by atoms with E-state index in [9.17, 15) is 10.1 Å². The highest BCUT2D eigenvalue weighted by Gasteiger charge is 2.25. The van der Waals surface area contributed by atoms with Gasteiger partial charge in [0.05, 0.1) is 21.7 Å². The topological polar surface area (TPSA) is 63.3 Å². The van der Waals surface area contributed by atoms with E-state index in [1.54, 1.807) is 0 Å². The Kier molecular flexibility index (Phi) is 4.23.